The number of aromatic nitrogens is 2. The second-order valence-electron chi connectivity index (χ2n) is 4.24. The molecule has 3 rings (SSSR count). The number of fused-ring (bicyclic) bond motifs is 1. The van der Waals surface area contributed by atoms with Gasteiger partial charge >= 0.3 is 0 Å². The van der Waals surface area contributed by atoms with Crippen LogP contribution in [0.4, 0.5) is 28.7 Å². The predicted molar refractivity (Wildman–Crippen MR) is 87.1 cm³/mol. The van der Waals surface area contributed by atoms with Gasteiger partial charge < -0.3 is 11.1 Å². The van der Waals surface area contributed by atoms with Crippen molar-refractivity contribution < 1.29 is 0 Å². The Morgan fingerprint density at radius 1 is 1.19 bits per heavy atom. The summed E-state index contributed by atoms with van der Waals surface area (Å²) in [5.74, 6) is 1.04. The Kier molecular flexibility index (Phi) is 3.79. The predicted octanol–water partition coefficient (Wildman–Crippen LogP) is 4.40. The van der Waals surface area contributed by atoms with E-state index in [-0.39, 0.29) is 0 Å². The van der Waals surface area contributed by atoms with Gasteiger partial charge in [-0.15, -0.1) is 0 Å². The topological polar surface area (TPSA) is 88.5 Å². The third kappa shape index (κ3) is 2.48. The first-order chi connectivity index (χ1) is 10.1. The molecule has 2 aromatic rings. The van der Waals surface area contributed by atoms with Gasteiger partial charge in [-0.3, -0.25) is 0 Å². The first-order valence-corrected chi connectivity index (χ1v) is 7.57. The zero-order chi connectivity index (χ0) is 15.0. The van der Waals surface area contributed by atoms with Crippen molar-refractivity contribution in [1.82, 2.24) is 9.97 Å². The summed E-state index contributed by atoms with van der Waals surface area (Å²) in [5, 5.41) is 4.08. The molecule has 6 nitrogen and oxygen atoms in total. The molecule has 3 N–H and O–H groups in total. The minimum atomic E-state index is 0.438. The van der Waals surface area contributed by atoms with Crippen molar-refractivity contribution in [1.29, 1.82) is 0 Å². The van der Waals surface area contributed by atoms with Gasteiger partial charge in [0.25, 0.3) is 0 Å². The van der Waals surface area contributed by atoms with Crippen molar-refractivity contribution in [3.05, 3.63) is 28.0 Å². The zero-order valence-corrected chi connectivity index (χ0v) is 13.2. The minimum absolute atomic E-state index is 0.438. The monoisotopic (exact) mass is 340 g/mol. The van der Waals surface area contributed by atoms with E-state index in [4.69, 9.17) is 28.9 Å². The lowest BCUT2D eigenvalue weighted by Gasteiger charge is -2.14. The number of benzene rings is 1. The quantitative estimate of drug-likeness (QED) is 0.739. The lowest BCUT2D eigenvalue weighted by molar-refractivity contribution is 1.06. The highest BCUT2D eigenvalue weighted by molar-refractivity contribution is 7.58. The lowest BCUT2D eigenvalue weighted by atomic mass is 10.2. The summed E-state index contributed by atoms with van der Waals surface area (Å²) in [6.45, 7) is 1.98. The first kappa shape index (κ1) is 14.2. The van der Waals surface area contributed by atoms with Gasteiger partial charge in [0, 0.05) is 5.56 Å². The van der Waals surface area contributed by atoms with Crippen LogP contribution >= 0.6 is 23.2 Å². The Balaban J connectivity index is 2.11. The molecule has 0 aliphatic carbocycles. The Bertz CT molecular complexity index is 801. The molecule has 1 aliphatic rings. The summed E-state index contributed by atoms with van der Waals surface area (Å²) in [6.07, 6.45) is 2.09. The fourth-order valence-corrected chi connectivity index (χ4v) is 3.15. The van der Waals surface area contributed by atoms with Gasteiger partial charge in [-0.05, 0) is 12.5 Å². The van der Waals surface area contributed by atoms with Crippen LogP contribution in [0.15, 0.2) is 21.1 Å². The Labute approximate surface area is 134 Å². The SMILES string of the molecule is CCc1c(N)ncnc1Nc1c(Cl)cc(Cl)c2c1N=S=N2. The maximum absolute atomic E-state index is 6.27. The van der Waals surface area contributed by atoms with Crippen LogP contribution in [0.25, 0.3) is 0 Å². The van der Waals surface area contributed by atoms with Crippen LogP contribution in [0.2, 0.25) is 10.0 Å². The van der Waals surface area contributed by atoms with Crippen molar-refractivity contribution in [3.63, 3.8) is 0 Å². The van der Waals surface area contributed by atoms with Crippen LogP contribution in [-0.2, 0) is 17.8 Å². The summed E-state index contributed by atoms with van der Waals surface area (Å²) in [4.78, 5) is 8.21. The fourth-order valence-electron chi connectivity index (χ4n) is 1.99. The van der Waals surface area contributed by atoms with E-state index in [0.29, 0.717) is 45.2 Å². The summed E-state index contributed by atoms with van der Waals surface area (Å²) in [5.41, 5.74) is 8.51. The van der Waals surface area contributed by atoms with Gasteiger partial charge in [-0.2, -0.15) is 8.73 Å². The highest BCUT2D eigenvalue weighted by Gasteiger charge is 2.20. The molecule has 1 aromatic carbocycles. The molecule has 2 heterocycles. The van der Waals surface area contributed by atoms with E-state index in [1.165, 1.54) is 6.33 Å². The van der Waals surface area contributed by atoms with Gasteiger partial charge in [-0.25, -0.2) is 9.97 Å². The van der Waals surface area contributed by atoms with E-state index >= 15 is 0 Å². The molecule has 0 fully saturated rings. The van der Waals surface area contributed by atoms with Crippen LogP contribution in [0.3, 0.4) is 0 Å². The van der Waals surface area contributed by atoms with Crippen molar-refractivity contribution >= 4 is 63.3 Å². The van der Waals surface area contributed by atoms with E-state index in [1.54, 1.807) is 6.07 Å². The van der Waals surface area contributed by atoms with E-state index in [2.05, 4.69) is 24.0 Å². The van der Waals surface area contributed by atoms with Gasteiger partial charge in [0.05, 0.1) is 27.1 Å². The van der Waals surface area contributed by atoms with Crippen LogP contribution in [0.5, 0.6) is 0 Å². The smallest absolute Gasteiger partial charge is 0.139 e. The molecular weight excluding hydrogens is 331 g/mol. The van der Waals surface area contributed by atoms with Gasteiger partial charge in [0.1, 0.15) is 29.3 Å². The summed E-state index contributed by atoms with van der Waals surface area (Å²) < 4.78 is 8.40. The van der Waals surface area contributed by atoms with Gasteiger partial charge in [0.15, 0.2) is 0 Å². The molecular formula is C12H10Cl2N6S. The van der Waals surface area contributed by atoms with Gasteiger partial charge in [-0.1, -0.05) is 30.1 Å². The summed E-state index contributed by atoms with van der Waals surface area (Å²) in [6, 6.07) is 1.63. The van der Waals surface area contributed by atoms with E-state index in [9.17, 15) is 0 Å². The number of rotatable bonds is 3. The molecule has 0 radical (unpaired) electrons. The highest BCUT2D eigenvalue weighted by atomic mass is 35.5. The number of nitrogens with zero attached hydrogens (tertiary/aromatic N) is 4. The van der Waals surface area contributed by atoms with E-state index in [1.807, 2.05) is 6.92 Å². The molecule has 0 saturated heterocycles. The largest absolute Gasteiger partial charge is 0.383 e. The maximum atomic E-state index is 6.27. The minimum Gasteiger partial charge on any atom is -0.383 e. The van der Waals surface area contributed by atoms with E-state index < -0.39 is 0 Å². The Morgan fingerprint density at radius 3 is 2.71 bits per heavy atom. The first-order valence-electron chi connectivity index (χ1n) is 6.08. The number of anilines is 3. The number of nitrogens with two attached hydrogens (primary N) is 1. The Morgan fingerprint density at radius 2 is 1.95 bits per heavy atom. The van der Waals surface area contributed by atoms with Gasteiger partial charge in [0.2, 0.25) is 0 Å². The maximum Gasteiger partial charge on any atom is 0.139 e. The lowest BCUT2D eigenvalue weighted by Crippen LogP contribution is -2.04. The highest BCUT2D eigenvalue weighted by Crippen LogP contribution is 2.48. The molecule has 0 atom stereocenters. The number of nitrogen functional groups attached to an aromatic ring is 1. The molecule has 0 amide bonds. The molecule has 0 saturated carbocycles. The van der Waals surface area contributed by atoms with Crippen LogP contribution in [0, 0.1) is 0 Å². The third-order valence-corrected chi connectivity index (χ3v) is 4.13. The third-order valence-electron chi connectivity index (χ3n) is 3.02. The molecule has 0 bridgehead atoms. The number of hydrogen-bond acceptors (Lipinski definition) is 6. The van der Waals surface area contributed by atoms with Crippen LogP contribution < -0.4 is 11.1 Å². The van der Waals surface area contributed by atoms with Crippen LogP contribution in [0.1, 0.15) is 12.5 Å². The van der Waals surface area contributed by atoms with Crippen molar-refractivity contribution in [2.24, 2.45) is 8.73 Å². The molecule has 1 aliphatic heterocycles. The second-order valence-corrected chi connectivity index (χ2v) is 5.58. The zero-order valence-electron chi connectivity index (χ0n) is 10.9. The molecule has 9 heteroatoms. The molecule has 0 unspecified atom stereocenters. The summed E-state index contributed by atoms with van der Waals surface area (Å²) in [7, 11) is 0. The average Bonchev–Trinajstić information content (AvgIpc) is 2.93. The number of hydrogen-bond donors (Lipinski definition) is 2. The standard InChI is InChI=1S/C12H10Cl2N6S/c1-2-5-11(15)16-4-17-12(5)18-8-6(13)3-7(14)9-10(8)20-21-19-9/h3-4H,2H2,1H3,(H3,15,16,17,18). The average molecular weight is 341 g/mol. The molecule has 0 spiro atoms. The van der Waals surface area contributed by atoms with Crippen molar-refractivity contribution in [3.8, 4) is 0 Å². The van der Waals surface area contributed by atoms with Crippen molar-refractivity contribution in [2.45, 2.75) is 13.3 Å². The number of halogens is 2. The Hall–Kier alpha value is -1.70. The van der Waals surface area contributed by atoms with Crippen molar-refractivity contribution in [2.75, 3.05) is 11.1 Å². The normalized spacial score (nSPS) is 12.1. The molecule has 108 valence electrons. The van der Waals surface area contributed by atoms with E-state index in [0.717, 1.165) is 16.9 Å². The molecule has 21 heavy (non-hydrogen) atoms. The summed E-state index contributed by atoms with van der Waals surface area (Å²) >= 11 is 13.4. The fraction of sp³-hybridized carbons (Fsp3) is 0.167. The van der Waals surface area contributed by atoms with Crippen LogP contribution in [-0.4, -0.2) is 9.97 Å². The molecule has 1 aromatic heterocycles. The second kappa shape index (κ2) is 5.59. The number of nitrogens with one attached hydrogen (secondary N) is 1.